The lowest BCUT2D eigenvalue weighted by Crippen LogP contribution is -2.68. The summed E-state index contributed by atoms with van der Waals surface area (Å²) >= 11 is 0. The molecule has 2 bridgehead atoms. The predicted octanol–water partition coefficient (Wildman–Crippen LogP) is 0.621. The zero-order valence-electron chi connectivity index (χ0n) is 26.5. The van der Waals surface area contributed by atoms with Crippen LogP contribution in [0.2, 0.25) is 0 Å². The molecule has 2 unspecified atom stereocenters. The van der Waals surface area contributed by atoms with E-state index in [1.165, 1.54) is 15.9 Å². The highest BCUT2D eigenvalue weighted by atomic mass is 35.7. The molecule has 2 aromatic heterocycles. The van der Waals surface area contributed by atoms with Crippen molar-refractivity contribution in [1.82, 2.24) is 9.55 Å². The van der Waals surface area contributed by atoms with E-state index in [1.807, 2.05) is 10.6 Å². The van der Waals surface area contributed by atoms with Gasteiger partial charge in [0.2, 0.25) is 5.89 Å². The second kappa shape index (κ2) is 13.0. The van der Waals surface area contributed by atoms with Crippen molar-refractivity contribution in [2.75, 3.05) is 18.0 Å². The monoisotopic (exact) mass is 673 g/mol. The zero-order chi connectivity index (χ0) is 33.4. The lowest BCUT2D eigenvalue weighted by molar-refractivity contribution is -2.00. The fourth-order valence-electron chi connectivity index (χ4n) is 6.88. The third kappa shape index (κ3) is 6.79. The van der Waals surface area contributed by atoms with Crippen LogP contribution in [-0.2, 0) is 12.0 Å². The van der Waals surface area contributed by atoms with Gasteiger partial charge in [-0.1, -0.05) is 81.4 Å². The van der Waals surface area contributed by atoms with Gasteiger partial charge in [0.15, 0.2) is 7.26 Å². The first-order valence-electron chi connectivity index (χ1n) is 15.5. The van der Waals surface area contributed by atoms with Crippen molar-refractivity contribution in [3.05, 3.63) is 131 Å². The molecule has 11 heteroatoms. The Morgan fingerprint density at radius 2 is 1.26 bits per heavy atom. The van der Waals surface area contributed by atoms with E-state index in [4.69, 9.17) is 28.0 Å². The number of pyridine rings is 1. The number of oxazole rings is 1. The van der Waals surface area contributed by atoms with Crippen LogP contribution in [0, 0.1) is 16.2 Å². The van der Waals surface area contributed by atoms with Crippen molar-refractivity contribution in [2.45, 2.75) is 45.1 Å². The quantitative estimate of drug-likeness (QED) is 0.247. The van der Waals surface area contributed by atoms with Crippen molar-refractivity contribution in [2.24, 2.45) is 5.92 Å². The summed E-state index contributed by atoms with van der Waals surface area (Å²) in [6.07, 6.45) is 1.09. The van der Waals surface area contributed by atoms with Crippen LogP contribution in [0.4, 0.5) is 5.88 Å². The number of benzene rings is 3. The summed E-state index contributed by atoms with van der Waals surface area (Å²) in [7, 11) is -7.41. The standard InChI is InChI=1S/C36H37N3O2P.ClHO4/c1-36(2,3)35-37-33(34(41-35)38-23-26-22-27(25-38)31-20-13-21-32(40)39(31)24-26)42(28-14-7-4-8-15-28,29-16-9-5-10-17-29)30-18-11-6-12-19-30;2-1(3,4)5/h4-21,26-27H,22-25H2,1-3H3;(H,2,3,4,5)/q+1;/p-1. The summed E-state index contributed by atoms with van der Waals surface area (Å²) < 4.78 is 42.9. The van der Waals surface area contributed by atoms with Gasteiger partial charge in [0.1, 0.15) is 15.9 Å². The molecule has 244 valence electrons. The Kier molecular flexibility index (Phi) is 9.15. The number of halogens is 1. The summed E-state index contributed by atoms with van der Waals surface area (Å²) in [6, 6.07) is 38.4. The van der Waals surface area contributed by atoms with Crippen LogP contribution in [0.5, 0.6) is 0 Å². The summed E-state index contributed by atoms with van der Waals surface area (Å²) in [4.78, 5) is 20.7. The van der Waals surface area contributed by atoms with Crippen LogP contribution in [0.25, 0.3) is 0 Å². The number of anilines is 1. The second-order valence-electron chi connectivity index (χ2n) is 13.1. The molecule has 2 aliphatic rings. The minimum absolute atomic E-state index is 0.105. The molecular weight excluding hydrogens is 637 g/mol. The van der Waals surface area contributed by atoms with Crippen molar-refractivity contribution in [3.8, 4) is 0 Å². The smallest absolute Gasteiger partial charge is 0.261 e. The normalized spacial score (nSPS) is 17.8. The number of nitrogens with zero attached hydrogens (tertiary/aromatic N) is 3. The fraction of sp³-hybridized carbons (Fsp3) is 0.278. The summed E-state index contributed by atoms with van der Waals surface area (Å²) in [5, 5.41) is 3.77. The largest absolute Gasteiger partial charge is 0.420 e. The fourth-order valence-corrected chi connectivity index (χ4v) is 11.1. The van der Waals surface area contributed by atoms with E-state index in [9.17, 15) is 4.79 Å². The molecule has 4 heterocycles. The van der Waals surface area contributed by atoms with E-state index in [-0.39, 0.29) is 16.9 Å². The Morgan fingerprint density at radius 1 is 0.745 bits per heavy atom. The number of aromatic nitrogens is 2. The third-order valence-electron chi connectivity index (χ3n) is 8.75. The second-order valence-corrected chi connectivity index (χ2v) is 17.1. The van der Waals surface area contributed by atoms with Gasteiger partial charge in [-0.25, -0.2) is 18.6 Å². The van der Waals surface area contributed by atoms with Crippen molar-refractivity contribution in [3.63, 3.8) is 0 Å². The molecule has 0 spiro atoms. The van der Waals surface area contributed by atoms with E-state index in [0.29, 0.717) is 5.92 Å². The Balaban J connectivity index is 0.000000720. The lowest BCUT2D eigenvalue weighted by Gasteiger charge is -2.42. The maximum atomic E-state index is 12.7. The number of fused-ring (bicyclic) bond motifs is 4. The molecule has 0 amide bonds. The molecule has 7 rings (SSSR count). The molecule has 0 radical (unpaired) electrons. The van der Waals surface area contributed by atoms with Crippen molar-refractivity contribution in [1.29, 1.82) is 0 Å². The molecule has 2 aliphatic heterocycles. The highest BCUT2D eigenvalue weighted by Crippen LogP contribution is 2.56. The maximum Gasteiger partial charge on any atom is 0.261 e. The molecule has 0 aliphatic carbocycles. The van der Waals surface area contributed by atoms with Gasteiger partial charge in [0.05, 0.1) is 0 Å². The van der Waals surface area contributed by atoms with Gasteiger partial charge in [-0.2, -0.15) is 4.98 Å². The maximum absolute atomic E-state index is 12.7. The Bertz CT molecular complexity index is 1770. The van der Waals surface area contributed by atoms with Gasteiger partial charge >= 0.3 is 0 Å². The van der Waals surface area contributed by atoms with Crippen LogP contribution in [0.3, 0.4) is 0 Å². The Labute approximate surface area is 276 Å². The first kappa shape index (κ1) is 33.1. The van der Waals surface area contributed by atoms with Crippen LogP contribution in [0.1, 0.15) is 44.7 Å². The van der Waals surface area contributed by atoms with E-state index in [2.05, 4.69) is 123 Å². The molecule has 1 saturated heterocycles. The van der Waals surface area contributed by atoms with Gasteiger partial charge in [0.25, 0.3) is 16.9 Å². The van der Waals surface area contributed by atoms with Crippen molar-refractivity contribution < 1.29 is 33.3 Å². The average Bonchev–Trinajstić information content (AvgIpc) is 3.50. The minimum atomic E-state index is -4.94. The van der Waals surface area contributed by atoms with Crippen molar-refractivity contribution >= 4 is 34.5 Å². The van der Waals surface area contributed by atoms with Gasteiger partial charge < -0.3 is 13.9 Å². The molecule has 0 N–H and O–H groups in total. The molecular formula is C36H37ClN3O6P. The highest BCUT2D eigenvalue weighted by Gasteiger charge is 2.54. The highest BCUT2D eigenvalue weighted by molar-refractivity contribution is 8.01. The van der Waals surface area contributed by atoms with E-state index in [0.717, 1.165) is 49.0 Å². The minimum Gasteiger partial charge on any atom is -0.420 e. The van der Waals surface area contributed by atoms with E-state index in [1.54, 1.807) is 6.07 Å². The number of piperidine rings is 1. The van der Waals surface area contributed by atoms with Crippen LogP contribution in [0.15, 0.2) is 118 Å². The lowest BCUT2D eigenvalue weighted by atomic mass is 9.83. The zero-order valence-corrected chi connectivity index (χ0v) is 28.1. The molecule has 0 saturated carbocycles. The van der Waals surface area contributed by atoms with Crippen LogP contribution < -0.4 is 50.4 Å². The Morgan fingerprint density at radius 3 is 1.74 bits per heavy atom. The topological polar surface area (TPSA) is 144 Å². The first-order chi connectivity index (χ1) is 22.4. The number of rotatable bonds is 5. The molecule has 1 fully saturated rings. The van der Waals surface area contributed by atoms with Gasteiger partial charge in [0, 0.05) is 42.7 Å². The third-order valence-corrected chi connectivity index (χ3v) is 12.9. The molecule has 2 atom stereocenters. The summed E-state index contributed by atoms with van der Waals surface area (Å²) in [5.74, 6) is 2.27. The van der Waals surface area contributed by atoms with Gasteiger partial charge in [-0.3, -0.25) is 4.79 Å². The number of hydrogen-bond acceptors (Lipinski definition) is 8. The first-order valence-corrected chi connectivity index (χ1v) is 18.5. The van der Waals surface area contributed by atoms with E-state index < -0.39 is 17.5 Å². The Hall–Kier alpha value is -3.82. The van der Waals surface area contributed by atoms with Crippen LogP contribution >= 0.6 is 7.26 Å². The SMILES string of the molecule is CC(C)(C)c1nc([P+](c2ccccc2)(c2ccccc2)c2ccccc2)c(N2CC3CC(C2)c2cccc(=O)n2C3)o1.[O-][Cl+3]([O-])([O-])[O-]. The van der Waals surface area contributed by atoms with Gasteiger partial charge in [-0.05, 0) is 54.8 Å². The average molecular weight is 674 g/mol. The number of hydrogen-bond donors (Lipinski definition) is 0. The summed E-state index contributed by atoms with van der Waals surface area (Å²) in [5.41, 5.74) is 2.00. The molecule has 9 nitrogen and oxygen atoms in total. The molecule has 47 heavy (non-hydrogen) atoms. The van der Waals surface area contributed by atoms with Gasteiger partial charge in [-0.15, -0.1) is 10.2 Å². The predicted molar refractivity (Wildman–Crippen MR) is 174 cm³/mol. The molecule has 3 aromatic carbocycles. The summed E-state index contributed by atoms with van der Waals surface area (Å²) in [6.45, 7) is 8.90. The van der Waals surface area contributed by atoms with Crippen LogP contribution in [-0.4, -0.2) is 22.6 Å². The van der Waals surface area contributed by atoms with E-state index >= 15 is 0 Å². The molecule has 5 aromatic rings.